The van der Waals surface area contributed by atoms with Crippen LogP contribution in [0.4, 0.5) is 0 Å². The number of nitrogens with zero attached hydrogens (tertiary/aromatic N) is 2. The summed E-state index contributed by atoms with van der Waals surface area (Å²) < 4.78 is 5.55. The minimum Gasteiger partial charge on any atom is -0.492 e. The Morgan fingerprint density at radius 2 is 2.43 bits per heavy atom. The first kappa shape index (κ1) is 15.8. The van der Waals surface area contributed by atoms with E-state index in [-0.39, 0.29) is 11.9 Å². The number of ether oxygens (including phenoxy) is 1. The maximum atomic E-state index is 12.2. The molecule has 1 saturated heterocycles. The van der Waals surface area contributed by atoms with E-state index >= 15 is 0 Å². The number of hydrogen-bond acceptors (Lipinski definition) is 4. The maximum absolute atomic E-state index is 12.2. The number of aromatic nitrogens is 1. The van der Waals surface area contributed by atoms with Crippen LogP contribution in [-0.4, -0.2) is 48.1 Å². The predicted octanol–water partition coefficient (Wildman–Crippen LogP) is 1.84. The number of hydrogen-bond donors (Lipinski definition) is 1. The monoisotopic (exact) mass is 291 g/mol. The Hall–Kier alpha value is -1.62. The Kier molecular flexibility index (Phi) is 6.47. The Morgan fingerprint density at radius 3 is 3.19 bits per heavy atom. The van der Waals surface area contributed by atoms with Gasteiger partial charge in [0.05, 0.1) is 18.8 Å². The smallest absolute Gasteiger partial charge is 0.237 e. The van der Waals surface area contributed by atoms with E-state index in [4.69, 9.17) is 4.74 Å². The van der Waals surface area contributed by atoms with Crippen LogP contribution in [0.3, 0.4) is 0 Å². The van der Waals surface area contributed by atoms with E-state index in [2.05, 4.69) is 22.1 Å². The summed E-state index contributed by atoms with van der Waals surface area (Å²) in [7, 11) is 0. The quantitative estimate of drug-likeness (QED) is 0.779. The predicted molar refractivity (Wildman–Crippen MR) is 82.2 cm³/mol. The molecule has 0 unspecified atom stereocenters. The van der Waals surface area contributed by atoms with Crippen molar-refractivity contribution in [1.29, 1.82) is 0 Å². The first-order chi connectivity index (χ1) is 10.3. The Labute approximate surface area is 126 Å². The van der Waals surface area contributed by atoms with Crippen LogP contribution in [0.2, 0.25) is 0 Å². The number of amides is 1. The average molecular weight is 291 g/mol. The lowest BCUT2D eigenvalue weighted by Gasteiger charge is -2.33. The number of likely N-dealkylation sites (N-methyl/N-ethyl adjacent to an activating group) is 1. The van der Waals surface area contributed by atoms with E-state index < -0.39 is 0 Å². The first-order valence-corrected chi connectivity index (χ1v) is 7.86. The molecule has 1 aromatic heterocycles. The fraction of sp³-hybridized carbons (Fsp3) is 0.625. The highest BCUT2D eigenvalue weighted by Gasteiger charge is 2.26. The summed E-state index contributed by atoms with van der Waals surface area (Å²) >= 11 is 0. The molecule has 116 valence electrons. The van der Waals surface area contributed by atoms with Gasteiger partial charge in [0, 0.05) is 12.7 Å². The van der Waals surface area contributed by atoms with Crippen LogP contribution < -0.4 is 10.1 Å². The molecule has 0 spiro atoms. The molecule has 0 aliphatic carbocycles. The van der Waals surface area contributed by atoms with Crippen molar-refractivity contribution in [3.05, 3.63) is 24.5 Å². The average Bonchev–Trinajstić information content (AvgIpc) is 2.55. The SMILES string of the molecule is CCN1CCCC[C@H]1C(=O)NCCCOc1cccnc1. The molecular formula is C16H25N3O2. The van der Waals surface area contributed by atoms with Crippen LogP contribution in [0.15, 0.2) is 24.5 Å². The third kappa shape index (κ3) is 5.01. The van der Waals surface area contributed by atoms with Crippen LogP contribution in [0.5, 0.6) is 5.75 Å². The van der Waals surface area contributed by atoms with Gasteiger partial charge in [-0.3, -0.25) is 14.7 Å². The van der Waals surface area contributed by atoms with Gasteiger partial charge in [-0.15, -0.1) is 0 Å². The minimum atomic E-state index is 0.0583. The third-order valence-corrected chi connectivity index (χ3v) is 3.85. The second-order valence-corrected chi connectivity index (χ2v) is 5.32. The fourth-order valence-corrected chi connectivity index (χ4v) is 2.69. The molecule has 0 radical (unpaired) electrons. The zero-order valence-electron chi connectivity index (χ0n) is 12.8. The molecule has 21 heavy (non-hydrogen) atoms. The van der Waals surface area contributed by atoms with Gasteiger partial charge >= 0.3 is 0 Å². The molecule has 1 amide bonds. The van der Waals surface area contributed by atoms with E-state index in [0.29, 0.717) is 13.2 Å². The summed E-state index contributed by atoms with van der Waals surface area (Å²) in [5.74, 6) is 0.936. The summed E-state index contributed by atoms with van der Waals surface area (Å²) in [5.41, 5.74) is 0. The molecule has 1 aliphatic rings. The van der Waals surface area contributed by atoms with Gasteiger partial charge in [-0.25, -0.2) is 0 Å². The van der Waals surface area contributed by atoms with Crippen LogP contribution in [0.1, 0.15) is 32.6 Å². The van der Waals surface area contributed by atoms with Crippen molar-refractivity contribution in [2.24, 2.45) is 0 Å². The standard InChI is InChI=1S/C16H25N3O2/c1-2-19-11-4-3-8-15(19)16(20)18-10-6-12-21-14-7-5-9-17-13-14/h5,7,9,13,15H,2-4,6,8,10-12H2,1H3,(H,18,20)/t15-/m0/s1. The molecule has 1 aliphatic heterocycles. The largest absolute Gasteiger partial charge is 0.492 e. The Bertz CT molecular complexity index is 425. The number of carbonyl (C=O) groups is 1. The minimum absolute atomic E-state index is 0.0583. The highest BCUT2D eigenvalue weighted by atomic mass is 16.5. The fourth-order valence-electron chi connectivity index (χ4n) is 2.69. The molecular weight excluding hydrogens is 266 g/mol. The van der Waals surface area contributed by atoms with Crippen LogP contribution in [0, 0.1) is 0 Å². The van der Waals surface area contributed by atoms with Crippen molar-refractivity contribution in [3.8, 4) is 5.75 Å². The van der Waals surface area contributed by atoms with E-state index in [1.165, 1.54) is 6.42 Å². The van der Waals surface area contributed by atoms with E-state index in [1.807, 2.05) is 12.1 Å². The first-order valence-electron chi connectivity index (χ1n) is 7.86. The second-order valence-electron chi connectivity index (χ2n) is 5.32. The van der Waals surface area contributed by atoms with Gasteiger partial charge in [0.15, 0.2) is 0 Å². The molecule has 5 heteroatoms. The van der Waals surface area contributed by atoms with Crippen molar-refractivity contribution in [2.75, 3.05) is 26.2 Å². The highest BCUT2D eigenvalue weighted by Crippen LogP contribution is 2.16. The van der Waals surface area contributed by atoms with Crippen molar-refractivity contribution in [3.63, 3.8) is 0 Å². The van der Waals surface area contributed by atoms with E-state index in [9.17, 15) is 4.79 Å². The van der Waals surface area contributed by atoms with Crippen molar-refractivity contribution >= 4 is 5.91 Å². The molecule has 2 rings (SSSR count). The molecule has 1 N–H and O–H groups in total. The van der Waals surface area contributed by atoms with Crippen LogP contribution in [0.25, 0.3) is 0 Å². The Morgan fingerprint density at radius 1 is 1.52 bits per heavy atom. The lowest BCUT2D eigenvalue weighted by molar-refractivity contribution is -0.127. The van der Waals surface area contributed by atoms with Gasteiger partial charge in [0.2, 0.25) is 5.91 Å². The third-order valence-electron chi connectivity index (χ3n) is 3.85. The molecule has 2 heterocycles. The highest BCUT2D eigenvalue weighted by molar-refractivity contribution is 5.81. The summed E-state index contributed by atoms with van der Waals surface area (Å²) in [5, 5.41) is 3.03. The van der Waals surface area contributed by atoms with E-state index in [1.54, 1.807) is 12.4 Å². The number of nitrogens with one attached hydrogen (secondary N) is 1. The van der Waals surface area contributed by atoms with Gasteiger partial charge in [-0.1, -0.05) is 13.3 Å². The summed E-state index contributed by atoms with van der Waals surface area (Å²) in [6, 6.07) is 3.79. The summed E-state index contributed by atoms with van der Waals surface area (Å²) in [6.07, 6.45) is 7.55. The molecule has 5 nitrogen and oxygen atoms in total. The molecule has 0 saturated carbocycles. The van der Waals surface area contributed by atoms with Gasteiger partial charge in [-0.05, 0) is 44.5 Å². The van der Waals surface area contributed by atoms with Crippen molar-refractivity contribution < 1.29 is 9.53 Å². The molecule has 0 bridgehead atoms. The molecule has 1 aromatic rings. The second kappa shape index (κ2) is 8.62. The summed E-state index contributed by atoms with van der Waals surface area (Å²) in [6.45, 7) is 5.36. The molecule has 0 aromatic carbocycles. The maximum Gasteiger partial charge on any atom is 0.237 e. The van der Waals surface area contributed by atoms with E-state index in [0.717, 1.165) is 38.1 Å². The zero-order valence-corrected chi connectivity index (χ0v) is 12.8. The van der Waals surface area contributed by atoms with Gasteiger partial charge in [-0.2, -0.15) is 0 Å². The molecule has 1 fully saturated rings. The number of likely N-dealkylation sites (tertiary alicyclic amines) is 1. The van der Waals surface area contributed by atoms with Gasteiger partial charge in [0.1, 0.15) is 5.75 Å². The number of piperidine rings is 1. The van der Waals surface area contributed by atoms with Crippen molar-refractivity contribution in [1.82, 2.24) is 15.2 Å². The van der Waals surface area contributed by atoms with Crippen molar-refractivity contribution in [2.45, 2.75) is 38.6 Å². The van der Waals surface area contributed by atoms with Crippen LogP contribution >= 0.6 is 0 Å². The lowest BCUT2D eigenvalue weighted by atomic mass is 10.0. The number of carbonyl (C=O) groups excluding carboxylic acids is 1. The number of rotatable bonds is 7. The summed E-state index contributed by atoms with van der Waals surface area (Å²) in [4.78, 5) is 18.5. The topological polar surface area (TPSA) is 54.5 Å². The van der Waals surface area contributed by atoms with Crippen LogP contribution in [-0.2, 0) is 4.79 Å². The molecule has 1 atom stereocenters. The van der Waals surface area contributed by atoms with Gasteiger partial charge in [0.25, 0.3) is 0 Å². The van der Waals surface area contributed by atoms with Gasteiger partial charge < -0.3 is 10.1 Å². The zero-order chi connectivity index (χ0) is 14.9. The number of pyridine rings is 1. The Balaban J connectivity index is 1.62. The lowest BCUT2D eigenvalue weighted by Crippen LogP contribution is -2.49. The normalized spacial score (nSPS) is 19.2.